The summed E-state index contributed by atoms with van der Waals surface area (Å²) in [6.45, 7) is 13.7. The van der Waals surface area contributed by atoms with Crippen LogP contribution in [0.4, 0.5) is 28.4 Å². The molecule has 0 unspecified atom stereocenters. The van der Waals surface area contributed by atoms with Crippen molar-refractivity contribution in [3.05, 3.63) is 243 Å². The molecule has 3 N–H and O–H groups in total. The third-order valence-corrected chi connectivity index (χ3v) is 24.5. The van der Waals surface area contributed by atoms with Gasteiger partial charge in [0.05, 0.1) is 93.6 Å². The number of nitrogens with one attached hydrogen (secondary N) is 3. The summed E-state index contributed by atoms with van der Waals surface area (Å²) in [4.78, 5) is 108. The second-order valence-electron chi connectivity index (χ2n) is 29.2. The first-order valence-corrected chi connectivity index (χ1v) is 44.5. The van der Waals surface area contributed by atoms with Crippen LogP contribution < -0.4 is 0 Å². The summed E-state index contributed by atoms with van der Waals surface area (Å²) in [5.41, 5.74) is 15.3. The minimum atomic E-state index is -0.453. The number of nitrogens with zero attached hydrogens (tertiary/aromatic N) is 23. The number of non-ortho nitro benzene ring substituents is 5. The highest BCUT2D eigenvalue weighted by atomic mass is 32.2. The standard InChI is InChI=1S/C21H19N5O3S.2C17H17N5O3S.C15H14N6O3S.C15H13N5O3S/c1-3-9-30-21-22-20(23-24-21)16-10-15(11-17(12-16)26(27)28)18-13(2)29-25-19(18)14-7-5-4-6-8-14;1-10(23)9-26-17-7-16(18-19-17)13-4-12(5-14(6-13)22(24)25)15-8-21(3)20-11(15)2;1-10(23)9-26-17-7-16(19-20-17)13-4-12(5-14(6-13)22(24)25)15-8-18-21(3)11(15)2;1-9(22)8-25-15-17-14(18-19-15)11-5-10(6-12(7-11)21(23)24)13-3-4-16-20(13)2;1-9(21)8-24-15-7-14(18-19-15)11-4-10(13-2-3-16-17-13)5-12(6-11)20(22)23/h4-8,10-12H,3,9H2,1-2H3,(H,22,23,24);2*4-6,8H,7,9H2,1-3H3;3-7H,8H2,1-2H3,(H,17,18,19);2-6H,7-8H2,1H3,(H,16,17). The molecule has 0 fully saturated rings. The predicted molar refractivity (Wildman–Crippen MR) is 503 cm³/mol. The number of benzene rings is 6. The Hall–Kier alpha value is -14.9. The molecule has 10 heterocycles. The fraction of sp³-hybridized carbons (Fsp3) is 0.235. The normalized spacial score (nSPS) is 12.4. The van der Waals surface area contributed by atoms with Gasteiger partial charge in [0.1, 0.15) is 49.7 Å². The highest BCUT2D eigenvalue weighted by Crippen LogP contribution is 2.40. The number of hydrogen-bond donors (Lipinski definition) is 3. The van der Waals surface area contributed by atoms with Gasteiger partial charge in [0.2, 0.25) is 10.3 Å². The molecule has 13 aromatic rings. The zero-order valence-corrected chi connectivity index (χ0v) is 75.9. The molecule has 6 aromatic carbocycles. The largest absolute Gasteiger partial charge is 0.360 e. The number of carbonyl (C=O) groups excluding carboxylic acids is 4. The molecule has 0 saturated heterocycles. The van der Waals surface area contributed by atoms with Gasteiger partial charge in [0.15, 0.2) is 11.6 Å². The molecule has 46 heteroatoms. The third kappa shape index (κ3) is 25.3. The number of aromatic amines is 3. The second-order valence-corrected chi connectivity index (χ2v) is 34.4. The van der Waals surface area contributed by atoms with Gasteiger partial charge in [-0.15, -0.1) is 60.8 Å². The minimum Gasteiger partial charge on any atom is -0.360 e. The number of rotatable bonds is 28. The average Bonchev–Trinajstić information content (AvgIpc) is 1.63. The van der Waals surface area contributed by atoms with E-state index < -0.39 is 24.6 Å². The quantitative estimate of drug-likeness (QED) is 0.0233. The molecule has 670 valence electrons. The SMILES string of the molecule is CC(=O)CSC1=NN=C(c2cc(-c3ccn[nH]3)cc([N+](=O)[O-])c2)C1.CC(=O)CSC1=NN=C(c2cc(-c3cn(C)nc3C)cc([N+](=O)[O-])c2)C1.CC(=O)CSC1=NN=C(c2cc(-c3cnn(C)c3C)cc([N+](=O)[O-])c2)C1.CC(=O)CSc1n[nH]c(-c2cc(-c3ccnn3C)cc([N+](=O)[O-])c2)n1.CCCSc1n[nH]c(-c2cc(-c3c(-c4ccccc4)noc3C)cc([N+](=O)[O-])c2)n1. The number of H-pyrrole nitrogens is 3. The van der Waals surface area contributed by atoms with E-state index in [9.17, 15) is 69.7 Å². The first kappa shape index (κ1) is 95.2. The van der Waals surface area contributed by atoms with E-state index in [0.717, 1.165) is 61.1 Å². The van der Waals surface area contributed by atoms with Crippen LogP contribution in [-0.4, -0.2) is 184 Å². The van der Waals surface area contributed by atoms with Gasteiger partial charge in [-0.25, -0.2) is 9.97 Å². The van der Waals surface area contributed by atoms with Crippen molar-refractivity contribution in [2.75, 3.05) is 28.8 Å². The van der Waals surface area contributed by atoms with Gasteiger partial charge in [0, 0.05) is 187 Å². The lowest BCUT2D eigenvalue weighted by atomic mass is 9.97. The van der Waals surface area contributed by atoms with Crippen LogP contribution in [0.1, 0.15) is 94.1 Å². The van der Waals surface area contributed by atoms with Crippen LogP contribution >= 0.6 is 58.8 Å². The topological polar surface area (TPSA) is 549 Å². The molecule has 7 aromatic heterocycles. The van der Waals surface area contributed by atoms with Gasteiger partial charge in [-0.1, -0.05) is 65.9 Å². The van der Waals surface area contributed by atoms with Crippen molar-refractivity contribution >= 4 is 143 Å². The smallest absolute Gasteiger partial charge is 0.270 e. The lowest BCUT2D eigenvalue weighted by Gasteiger charge is -2.06. The van der Waals surface area contributed by atoms with E-state index >= 15 is 0 Å². The van der Waals surface area contributed by atoms with Crippen molar-refractivity contribution in [2.24, 2.45) is 51.8 Å². The maximum Gasteiger partial charge on any atom is 0.270 e. The van der Waals surface area contributed by atoms with Crippen molar-refractivity contribution in [3.63, 3.8) is 0 Å². The molecule has 41 nitrogen and oxygen atoms in total. The molecule has 0 atom stereocenters. The lowest BCUT2D eigenvalue weighted by Crippen LogP contribution is -2.05. The molecule has 3 aliphatic rings. The Balaban J connectivity index is 0.000000148. The van der Waals surface area contributed by atoms with E-state index in [0.29, 0.717) is 154 Å². The van der Waals surface area contributed by atoms with Crippen LogP contribution in [0.5, 0.6) is 0 Å². The maximum absolute atomic E-state index is 11.6. The Kier molecular flexibility index (Phi) is 31.8. The van der Waals surface area contributed by atoms with Gasteiger partial charge < -0.3 is 4.52 Å². The van der Waals surface area contributed by atoms with Crippen LogP contribution in [0, 0.1) is 71.3 Å². The summed E-state index contributed by atoms with van der Waals surface area (Å²) in [5, 5.41) is 122. The van der Waals surface area contributed by atoms with E-state index in [-0.39, 0.29) is 57.3 Å². The van der Waals surface area contributed by atoms with Gasteiger partial charge in [-0.05, 0) is 114 Å². The highest BCUT2D eigenvalue weighted by molar-refractivity contribution is 8.15. The van der Waals surface area contributed by atoms with Gasteiger partial charge in [0.25, 0.3) is 28.4 Å². The molecule has 16 rings (SSSR count). The maximum atomic E-state index is 11.6. The molecule has 131 heavy (non-hydrogen) atoms. The molecule has 0 amide bonds. The summed E-state index contributed by atoms with van der Waals surface area (Å²) in [6, 6.07) is 37.2. The van der Waals surface area contributed by atoms with Gasteiger partial charge in [-0.2, -0.15) is 35.7 Å². The molecular formula is C85H80N26O15S5. The number of aromatic nitrogens is 15. The number of ketones is 4. The van der Waals surface area contributed by atoms with Crippen molar-refractivity contribution in [1.29, 1.82) is 0 Å². The fourth-order valence-corrected chi connectivity index (χ4v) is 16.2. The van der Waals surface area contributed by atoms with Crippen LogP contribution in [0.25, 0.3) is 89.9 Å². The Morgan fingerprint density at radius 1 is 0.450 bits per heavy atom. The van der Waals surface area contributed by atoms with Crippen LogP contribution in [0.3, 0.4) is 0 Å². The molecule has 3 aliphatic heterocycles. The Morgan fingerprint density at radius 3 is 1.31 bits per heavy atom. The van der Waals surface area contributed by atoms with Crippen LogP contribution in [0.15, 0.2) is 204 Å². The van der Waals surface area contributed by atoms with Crippen LogP contribution in [0.2, 0.25) is 0 Å². The van der Waals surface area contributed by atoms with Crippen molar-refractivity contribution in [1.82, 2.24) is 75.1 Å². The number of nitro benzene ring substituents is 5. The first-order chi connectivity index (χ1) is 62.7. The third-order valence-electron chi connectivity index (χ3n) is 19.1. The van der Waals surface area contributed by atoms with Crippen molar-refractivity contribution < 1.29 is 48.3 Å². The summed E-state index contributed by atoms with van der Waals surface area (Å²) in [6.07, 6.45) is 9.12. The summed E-state index contributed by atoms with van der Waals surface area (Å²) >= 11 is 6.78. The molecule has 0 spiro atoms. The minimum absolute atomic E-state index is 0.00621. The number of thioether (sulfide) groups is 5. The Bertz CT molecular complexity index is 6650. The second kappa shape index (κ2) is 43.7. The molecule has 0 bridgehead atoms. The highest BCUT2D eigenvalue weighted by Gasteiger charge is 2.28. The summed E-state index contributed by atoms with van der Waals surface area (Å²) in [7, 11) is 5.39. The predicted octanol–water partition coefficient (Wildman–Crippen LogP) is 17.1. The van der Waals surface area contributed by atoms with Gasteiger partial charge in [-0.3, -0.25) is 99.1 Å². The lowest BCUT2D eigenvalue weighted by molar-refractivity contribution is -0.385. The number of nitro groups is 5. The molecule has 0 saturated carbocycles. The number of carbonyl (C=O) groups is 4. The zero-order valence-electron chi connectivity index (χ0n) is 71.8. The van der Waals surface area contributed by atoms with E-state index in [1.807, 2.05) is 88.7 Å². The molecular weight excluding hydrogens is 1790 g/mol. The van der Waals surface area contributed by atoms with E-state index in [1.54, 1.807) is 64.8 Å². The molecule has 0 aliphatic carbocycles. The number of aryl methyl sites for hydroxylation is 5. The first-order valence-electron chi connectivity index (χ1n) is 39.6. The van der Waals surface area contributed by atoms with Crippen molar-refractivity contribution in [3.8, 4) is 89.9 Å². The fourth-order valence-electron chi connectivity index (χ4n) is 12.9. The molecule has 0 radical (unpaired) electrons. The van der Waals surface area contributed by atoms with E-state index in [2.05, 4.69) is 98.5 Å². The average molecular weight is 1870 g/mol. The summed E-state index contributed by atoms with van der Waals surface area (Å²) < 4.78 is 10.5. The zero-order chi connectivity index (χ0) is 93.9. The van der Waals surface area contributed by atoms with Gasteiger partial charge >= 0.3 is 0 Å². The van der Waals surface area contributed by atoms with E-state index in [1.165, 1.54) is 147 Å². The Labute approximate surface area is 765 Å². The summed E-state index contributed by atoms with van der Waals surface area (Å²) in [5.74, 6) is 3.88. The van der Waals surface area contributed by atoms with Crippen LogP contribution in [-0.2, 0) is 40.3 Å². The number of hydrogen-bond acceptors (Lipinski definition) is 35. The monoisotopic (exact) mass is 1860 g/mol. The Morgan fingerprint density at radius 2 is 0.878 bits per heavy atom. The van der Waals surface area contributed by atoms with E-state index in [4.69, 9.17) is 4.52 Å². The van der Waals surface area contributed by atoms with Crippen molar-refractivity contribution in [2.45, 2.75) is 91.4 Å². The number of Topliss-reactive ketones (excluding diaryl/α,β-unsaturated/α-hetero) is 4.